The van der Waals surface area contributed by atoms with E-state index in [-0.39, 0.29) is 18.1 Å². The molecule has 0 aromatic heterocycles. The van der Waals surface area contributed by atoms with Gasteiger partial charge in [-0.1, -0.05) is 133 Å². The maximum atomic E-state index is 13.7. The van der Waals surface area contributed by atoms with Gasteiger partial charge in [0.1, 0.15) is 122 Å². The van der Waals surface area contributed by atoms with Crippen LogP contribution in [0.15, 0.2) is 42.5 Å². The van der Waals surface area contributed by atoms with Gasteiger partial charge in [0, 0.05) is 32.3 Å². The number of ether oxygens (including phenoxy) is 10. The van der Waals surface area contributed by atoms with Gasteiger partial charge in [0.15, 0.2) is 30.9 Å². The van der Waals surface area contributed by atoms with Crippen molar-refractivity contribution in [2.45, 2.75) is 301 Å². The molecule has 0 radical (unpaired) electrons. The Balaban J connectivity index is 0.0000191. The van der Waals surface area contributed by atoms with E-state index in [4.69, 9.17) is 47.4 Å². The Bertz CT molecular complexity index is 2700. The third-order valence-corrected chi connectivity index (χ3v) is 18.8. The molecule has 0 aliphatic carbocycles. The van der Waals surface area contributed by atoms with Crippen LogP contribution in [0.2, 0.25) is 0 Å². The summed E-state index contributed by atoms with van der Waals surface area (Å²) in [6.45, 7) is -2.28. The lowest BCUT2D eigenvalue weighted by molar-refractivity contribution is -0.421. The number of hydrogen-bond acceptors (Lipinski definition) is 32. The molecular formula is C67H112N4O32. The molecule has 36 heteroatoms. The van der Waals surface area contributed by atoms with Crippen LogP contribution in [0.4, 0.5) is 0 Å². The number of aliphatic carboxylic acids is 1. The summed E-state index contributed by atoms with van der Waals surface area (Å²) in [5.41, 5.74) is 0.283. The molecule has 592 valence electrons. The van der Waals surface area contributed by atoms with E-state index in [2.05, 4.69) is 22.9 Å². The van der Waals surface area contributed by atoms with Gasteiger partial charge >= 0.3 is 0 Å². The van der Waals surface area contributed by atoms with Crippen molar-refractivity contribution in [2.24, 2.45) is 0 Å². The molecule has 5 heterocycles. The monoisotopic (exact) mass is 1480 g/mol. The number of unbranched alkanes of at least 4 members (excludes halogenated alkanes) is 14. The maximum absolute atomic E-state index is 13.7. The number of amides is 3. The van der Waals surface area contributed by atoms with E-state index in [1.165, 1.54) is 57.8 Å². The zero-order chi connectivity index (χ0) is 75.0. The first-order valence-electron chi connectivity index (χ1n) is 35.1. The molecule has 23 N–H and O–H groups in total. The van der Waals surface area contributed by atoms with Crippen LogP contribution in [-0.4, -0.2) is 322 Å². The second kappa shape index (κ2) is 44.0. The quantitative estimate of drug-likeness (QED) is 0.0165. The van der Waals surface area contributed by atoms with E-state index in [1.807, 2.05) is 0 Å². The van der Waals surface area contributed by atoms with E-state index in [0.717, 1.165) is 58.1 Å². The molecule has 5 aliphatic heterocycles. The molecule has 1 aromatic rings. The summed E-state index contributed by atoms with van der Waals surface area (Å²) >= 11 is 0. The number of nitrogens with one attached hydrogen (secondary N) is 3. The Hall–Kier alpha value is -4.57. The van der Waals surface area contributed by atoms with Crippen molar-refractivity contribution in [1.29, 1.82) is 0 Å². The highest BCUT2D eigenvalue weighted by Crippen LogP contribution is 2.41. The average Bonchev–Trinajstić information content (AvgIpc) is 0.751. The number of benzene rings is 1. The molecule has 6 rings (SSSR count). The van der Waals surface area contributed by atoms with Crippen molar-refractivity contribution in [3.05, 3.63) is 48.0 Å². The fourth-order valence-corrected chi connectivity index (χ4v) is 13.0. The molecule has 5 fully saturated rings. The molecule has 5 aliphatic rings. The third kappa shape index (κ3) is 24.7. The number of carbonyl (C=O) groups excluding carboxylic acids is 5. The number of allylic oxidation sites excluding steroid dienone is 1. The van der Waals surface area contributed by atoms with Gasteiger partial charge < -0.3 is 161 Å². The van der Waals surface area contributed by atoms with Gasteiger partial charge in [0.2, 0.25) is 23.5 Å². The average molecular weight is 1490 g/mol. The summed E-state index contributed by atoms with van der Waals surface area (Å²) in [6.07, 6.45) is -33.3. The zero-order valence-corrected chi connectivity index (χ0v) is 58.6. The number of carboxylic acid groups (broad SMARTS) is 1. The number of rotatable bonds is 42. The van der Waals surface area contributed by atoms with E-state index in [1.54, 1.807) is 30.3 Å². The van der Waals surface area contributed by atoms with E-state index < -0.39 is 247 Å². The minimum absolute atomic E-state index is 0. The number of carboxylic acids is 1. The number of hydrogen-bond donors (Lipinski definition) is 20. The lowest BCUT2D eigenvalue weighted by Gasteiger charge is -2.54. The van der Waals surface area contributed by atoms with Crippen LogP contribution in [0.1, 0.15) is 140 Å². The summed E-state index contributed by atoms with van der Waals surface area (Å²) in [7, 11) is 0. The lowest BCUT2D eigenvalue weighted by atomic mass is 9.88. The molecule has 2 unspecified atom stereocenters. The van der Waals surface area contributed by atoms with Crippen LogP contribution in [-0.2, 0) is 66.5 Å². The highest BCUT2D eigenvalue weighted by molar-refractivity contribution is 6.04. The highest BCUT2D eigenvalue weighted by Gasteiger charge is 2.61. The standard InChI is InChI=1S/C67H109N3O32.H3N/c1-4-5-6-7-8-9-10-11-12-13-14-15-16-17-21-24-46(82)70-37(39(79)26-25-38(78)36-22-19-18-20-23-36)33-93-63-55(89)53(87)57(44(31-74)96-63)98-65-56(90)61(102-67(66(91)92)27-40(80)47(68-34(2)76)60(101-67)49(83)41(81)28-71)58(45(32-75)97-65)99-62-48(69-35(3)77)59(51(85)43(30-73)94-62)100-64-54(88)52(86)50(84)42(29-72)95-64;/h18-20,22-23,25-26,37,39-45,47-65,71-75,79-81,83-90H,4-17,21,24,27-33H2,1-3H3,(H,68,76)(H,69,77)(H,70,82)(H,91,92);1H3/b26-25+;/t37-,39+,40-,41+,42+,43+,44+,45+,47?,48+,49+,50-,51-,52-,53+,54+,55+,56+,57+,58-,59+,60?,61+,62-,63+,64-,65-,67-;/m0./s1. The van der Waals surface area contributed by atoms with E-state index >= 15 is 0 Å². The van der Waals surface area contributed by atoms with Crippen molar-refractivity contribution in [3.63, 3.8) is 0 Å². The SMILES string of the molecule is CCCCCCCCCCCCCCCCCC(=O)N[C@@H](CO[C@@H]1O[C@H](CO)[C@@H](O[C@@H]2O[C@H](CO)[C@H](O[C@@H]3O[C@H](CO)[C@H](O)[C@H](O[C@@H]4O[C@H](CO)[C@H](O)[C@H](O)[C@H]4O)[C@H]3NC(C)=O)[C@H](O[C@]3(C(=O)[O-])C[C@H](O)C(NC(C)=O)C([C@H](O)[C@H](O)CO)O3)[C@H]2O)[C@H](O)[C@H]1O)[C@H](O)/C=C/C(=O)c1ccccc1.[NH4+]. The molecule has 28 atom stereocenters. The minimum atomic E-state index is -3.51. The number of quaternary nitrogens is 1. The Labute approximate surface area is 596 Å². The summed E-state index contributed by atoms with van der Waals surface area (Å²) in [5.74, 6) is -8.78. The van der Waals surface area contributed by atoms with Crippen molar-refractivity contribution in [2.75, 3.05) is 39.6 Å². The Morgan fingerprint density at radius 1 is 0.573 bits per heavy atom. The number of ketones is 1. The van der Waals surface area contributed by atoms with Crippen molar-refractivity contribution < 1.29 is 158 Å². The third-order valence-electron chi connectivity index (χ3n) is 18.8. The number of aliphatic hydroxyl groups is 16. The van der Waals surface area contributed by atoms with Gasteiger partial charge in [-0.05, 0) is 12.5 Å². The van der Waals surface area contributed by atoms with E-state index in [9.17, 15) is 111 Å². The second-order valence-electron chi connectivity index (χ2n) is 26.6. The Morgan fingerprint density at radius 2 is 1.06 bits per heavy atom. The van der Waals surface area contributed by atoms with Gasteiger partial charge in [-0.15, -0.1) is 0 Å². The molecule has 0 spiro atoms. The first kappa shape index (κ1) is 89.1. The zero-order valence-electron chi connectivity index (χ0n) is 58.6. The molecule has 5 saturated heterocycles. The topological polar surface area (TPSA) is 597 Å². The van der Waals surface area contributed by atoms with Gasteiger partial charge in [-0.2, -0.15) is 0 Å². The molecule has 0 bridgehead atoms. The van der Waals surface area contributed by atoms with Gasteiger partial charge in [0.05, 0.1) is 63.9 Å². The van der Waals surface area contributed by atoms with Crippen molar-refractivity contribution >= 4 is 29.5 Å². The van der Waals surface area contributed by atoms with Crippen molar-refractivity contribution in [1.82, 2.24) is 22.1 Å². The van der Waals surface area contributed by atoms with Gasteiger partial charge in [-0.25, -0.2) is 0 Å². The predicted octanol–water partition coefficient (Wildman–Crippen LogP) is -5.82. The fourth-order valence-electron chi connectivity index (χ4n) is 13.0. The molecule has 3 amide bonds. The molecule has 1 aromatic carbocycles. The first-order chi connectivity index (χ1) is 48.7. The maximum Gasteiger partial charge on any atom is 0.220 e. The van der Waals surface area contributed by atoms with Crippen LogP contribution in [0.3, 0.4) is 0 Å². The van der Waals surface area contributed by atoms with Crippen LogP contribution < -0.4 is 27.2 Å². The molecule has 103 heavy (non-hydrogen) atoms. The summed E-state index contributed by atoms with van der Waals surface area (Å²) < 4.78 is 59.4. The van der Waals surface area contributed by atoms with Gasteiger partial charge in [0.25, 0.3) is 0 Å². The van der Waals surface area contributed by atoms with Crippen LogP contribution in [0, 0.1) is 0 Å². The number of aliphatic hydroxyl groups excluding tert-OH is 16. The van der Waals surface area contributed by atoms with Crippen molar-refractivity contribution in [3.8, 4) is 0 Å². The Morgan fingerprint density at radius 3 is 1.61 bits per heavy atom. The molecular weight excluding hydrogens is 1370 g/mol. The van der Waals surface area contributed by atoms with Gasteiger partial charge in [-0.3, -0.25) is 19.2 Å². The second-order valence-corrected chi connectivity index (χ2v) is 26.6. The van der Waals surface area contributed by atoms with E-state index in [0.29, 0.717) is 6.42 Å². The van der Waals surface area contributed by atoms with Crippen LogP contribution in [0.25, 0.3) is 0 Å². The smallest absolute Gasteiger partial charge is 0.220 e. The molecule has 0 saturated carbocycles. The minimum Gasteiger partial charge on any atom is -0.544 e. The summed E-state index contributed by atoms with van der Waals surface area (Å²) in [4.78, 5) is 65.7. The Kier molecular flexibility index (Phi) is 38.1. The highest BCUT2D eigenvalue weighted by atomic mass is 16.8. The summed E-state index contributed by atoms with van der Waals surface area (Å²) in [5, 5.41) is 198. The normalized spacial score (nSPS) is 35.3. The molecule has 36 nitrogen and oxygen atoms in total. The largest absolute Gasteiger partial charge is 0.544 e. The predicted molar refractivity (Wildman–Crippen MR) is 351 cm³/mol. The van der Waals surface area contributed by atoms with Crippen LogP contribution in [0.5, 0.6) is 0 Å². The summed E-state index contributed by atoms with van der Waals surface area (Å²) in [6, 6.07) is 2.96. The lowest BCUT2D eigenvalue weighted by Crippen LogP contribution is -2.73. The number of carbonyl (C=O) groups is 5. The fraction of sp³-hybridized carbons (Fsp3) is 0.806. The van der Waals surface area contributed by atoms with Crippen LogP contribution >= 0.6 is 0 Å². The first-order valence-corrected chi connectivity index (χ1v) is 35.1.